The number of halogens is 2. The van der Waals surface area contributed by atoms with E-state index in [4.69, 9.17) is 5.73 Å². The molecule has 24 heavy (non-hydrogen) atoms. The smallest absolute Gasteiger partial charge is 0.251 e. The quantitative estimate of drug-likeness (QED) is 0.889. The van der Waals surface area contributed by atoms with E-state index < -0.39 is 23.4 Å². The van der Waals surface area contributed by atoms with Crippen LogP contribution < -0.4 is 16.0 Å². The standard InChI is InChI=1S/C16H15F2N3O2S/c17-10-6-9-2-1-4-21(14(9)12(18)7-10)8-13(22)20-16-11(15(19)23)3-5-24-16/h3,5-7H,1-2,4,8H2,(H2,19,23)(H,20,22). The minimum Gasteiger partial charge on any atom is -0.366 e. The van der Waals surface area contributed by atoms with Gasteiger partial charge in [0.05, 0.1) is 17.8 Å². The second-order valence-corrected chi connectivity index (χ2v) is 6.41. The molecule has 8 heteroatoms. The Bertz CT molecular complexity index is 807. The van der Waals surface area contributed by atoms with Crippen molar-refractivity contribution >= 4 is 33.8 Å². The number of primary amides is 1. The number of benzene rings is 1. The second-order valence-electron chi connectivity index (χ2n) is 5.50. The first kappa shape index (κ1) is 16.4. The molecule has 1 aliphatic heterocycles. The van der Waals surface area contributed by atoms with Crippen LogP contribution in [-0.4, -0.2) is 24.9 Å². The van der Waals surface area contributed by atoms with Gasteiger partial charge in [-0.2, -0.15) is 0 Å². The molecule has 0 bridgehead atoms. The highest BCUT2D eigenvalue weighted by molar-refractivity contribution is 7.14. The summed E-state index contributed by atoms with van der Waals surface area (Å²) in [6.07, 6.45) is 1.27. The first-order valence-corrected chi connectivity index (χ1v) is 8.23. The monoisotopic (exact) mass is 351 g/mol. The van der Waals surface area contributed by atoms with Crippen LogP contribution >= 0.6 is 11.3 Å². The van der Waals surface area contributed by atoms with Crippen molar-refractivity contribution in [3.8, 4) is 0 Å². The van der Waals surface area contributed by atoms with E-state index in [9.17, 15) is 18.4 Å². The van der Waals surface area contributed by atoms with Gasteiger partial charge in [-0.05, 0) is 35.9 Å². The number of carbonyl (C=O) groups is 2. The van der Waals surface area contributed by atoms with Crippen molar-refractivity contribution in [3.63, 3.8) is 0 Å². The van der Waals surface area contributed by atoms with E-state index in [0.29, 0.717) is 30.0 Å². The molecular formula is C16H15F2N3O2S. The van der Waals surface area contributed by atoms with Gasteiger partial charge < -0.3 is 16.0 Å². The number of thiophene rings is 1. The van der Waals surface area contributed by atoms with Gasteiger partial charge >= 0.3 is 0 Å². The van der Waals surface area contributed by atoms with Crippen molar-refractivity contribution in [2.75, 3.05) is 23.3 Å². The average molecular weight is 351 g/mol. The molecule has 0 saturated heterocycles. The molecule has 1 aromatic heterocycles. The fraction of sp³-hybridized carbons (Fsp3) is 0.250. The minimum atomic E-state index is -0.675. The maximum absolute atomic E-state index is 14.1. The van der Waals surface area contributed by atoms with E-state index in [0.717, 1.165) is 6.07 Å². The van der Waals surface area contributed by atoms with Crippen molar-refractivity contribution in [1.29, 1.82) is 0 Å². The number of carbonyl (C=O) groups excluding carboxylic acids is 2. The zero-order valence-corrected chi connectivity index (χ0v) is 13.5. The van der Waals surface area contributed by atoms with E-state index in [1.807, 2.05) is 0 Å². The number of hydrogen-bond donors (Lipinski definition) is 2. The van der Waals surface area contributed by atoms with Gasteiger partial charge in [-0.15, -0.1) is 11.3 Å². The number of rotatable bonds is 4. The lowest BCUT2D eigenvalue weighted by molar-refractivity contribution is -0.115. The van der Waals surface area contributed by atoms with Crippen molar-refractivity contribution < 1.29 is 18.4 Å². The lowest BCUT2D eigenvalue weighted by Gasteiger charge is -2.31. The lowest BCUT2D eigenvalue weighted by Crippen LogP contribution is -2.37. The molecule has 0 atom stereocenters. The molecule has 2 aromatic rings. The summed E-state index contributed by atoms with van der Waals surface area (Å²) >= 11 is 1.18. The summed E-state index contributed by atoms with van der Waals surface area (Å²) in [6.45, 7) is 0.405. The van der Waals surface area contributed by atoms with E-state index in [1.54, 1.807) is 10.3 Å². The molecule has 1 aliphatic rings. The summed E-state index contributed by atoms with van der Waals surface area (Å²) < 4.78 is 27.4. The highest BCUT2D eigenvalue weighted by Crippen LogP contribution is 2.31. The second kappa shape index (κ2) is 6.56. The number of nitrogens with zero attached hydrogens (tertiary/aromatic N) is 1. The SMILES string of the molecule is NC(=O)c1ccsc1NC(=O)CN1CCCc2cc(F)cc(F)c21. The normalized spacial score (nSPS) is 13.5. The van der Waals surface area contributed by atoms with Gasteiger partial charge in [-0.3, -0.25) is 9.59 Å². The fourth-order valence-electron chi connectivity index (χ4n) is 2.83. The molecule has 2 amide bonds. The van der Waals surface area contributed by atoms with Gasteiger partial charge in [0, 0.05) is 12.6 Å². The van der Waals surface area contributed by atoms with E-state index >= 15 is 0 Å². The zero-order chi connectivity index (χ0) is 17.3. The van der Waals surface area contributed by atoms with Crippen LogP contribution in [0.2, 0.25) is 0 Å². The van der Waals surface area contributed by atoms with Crippen molar-refractivity contribution in [3.05, 3.63) is 46.3 Å². The molecule has 0 unspecified atom stereocenters. The van der Waals surface area contributed by atoms with Crippen molar-refractivity contribution in [2.45, 2.75) is 12.8 Å². The number of anilines is 2. The molecule has 3 N–H and O–H groups in total. The number of nitrogens with one attached hydrogen (secondary N) is 1. The van der Waals surface area contributed by atoms with Gasteiger partial charge in [0.1, 0.15) is 16.6 Å². The Morgan fingerprint density at radius 2 is 2.12 bits per heavy atom. The predicted molar refractivity (Wildman–Crippen MR) is 88.4 cm³/mol. The van der Waals surface area contributed by atoms with Crippen LogP contribution in [0, 0.1) is 11.6 Å². The Morgan fingerprint density at radius 1 is 1.33 bits per heavy atom. The average Bonchev–Trinajstić information content (AvgIpc) is 2.94. The molecule has 2 heterocycles. The molecule has 126 valence electrons. The number of hydrogen-bond acceptors (Lipinski definition) is 4. The Balaban J connectivity index is 1.77. The van der Waals surface area contributed by atoms with Gasteiger partial charge in [-0.25, -0.2) is 8.78 Å². The van der Waals surface area contributed by atoms with Crippen LogP contribution in [0.4, 0.5) is 19.5 Å². The minimum absolute atomic E-state index is 0.0916. The van der Waals surface area contributed by atoms with E-state index in [1.165, 1.54) is 23.5 Å². The molecule has 3 rings (SSSR count). The number of fused-ring (bicyclic) bond motifs is 1. The summed E-state index contributed by atoms with van der Waals surface area (Å²) in [6, 6.07) is 3.65. The first-order chi connectivity index (χ1) is 11.5. The summed E-state index contributed by atoms with van der Waals surface area (Å²) in [5.74, 6) is -2.32. The molecule has 0 spiro atoms. The lowest BCUT2D eigenvalue weighted by atomic mass is 10.0. The number of nitrogens with two attached hydrogens (primary N) is 1. The van der Waals surface area contributed by atoms with Crippen LogP contribution in [0.3, 0.4) is 0 Å². The van der Waals surface area contributed by atoms with Crippen LogP contribution in [0.15, 0.2) is 23.6 Å². The van der Waals surface area contributed by atoms with Gasteiger partial charge in [0.2, 0.25) is 5.91 Å². The Morgan fingerprint density at radius 3 is 2.88 bits per heavy atom. The number of amides is 2. The highest BCUT2D eigenvalue weighted by atomic mass is 32.1. The molecule has 1 aromatic carbocycles. The molecule has 5 nitrogen and oxygen atoms in total. The Hall–Kier alpha value is -2.48. The third-order valence-electron chi connectivity index (χ3n) is 3.82. The summed E-state index contributed by atoms with van der Waals surface area (Å²) in [5, 5.41) is 4.63. The highest BCUT2D eigenvalue weighted by Gasteiger charge is 2.24. The number of aryl methyl sites for hydroxylation is 1. The summed E-state index contributed by atoms with van der Waals surface area (Å²) in [4.78, 5) is 25.1. The Kier molecular flexibility index (Phi) is 4.48. The van der Waals surface area contributed by atoms with Crippen LogP contribution in [0.5, 0.6) is 0 Å². The van der Waals surface area contributed by atoms with Crippen molar-refractivity contribution in [2.24, 2.45) is 5.73 Å². The van der Waals surface area contributed by atoms with E-state index in [2.05, 4.69) is 5.32 Å². The maximum Gasteiger partial charge on any atom is 0.251 e. The maximum atomic E-state index is 14.1. The summed E-state index contributed by atoms with van der Waals surface area (Å²) in [7, 11) is 0. The molecule has 0 aliphatic carbocycles. The van der Waals surface area contributed by atoms with Gasteiger partial charge in [0.25, 0.3) is 5.91 Å². The largest absolute Gasteiger partial charge is 0.366 e. The van der Waals surface area contributed by atoms with E-state index in [-0.39, 0.29) is 17.8 Å². The molecule has 0 saturated carbocycles. The Labute approximate surface area is 141 Å². The summed E-state index contributed by atoms with van der Waals surface area (Å²) in [5.41, 5.74) is 6.29. The van der Waals surface area contributed by atoms with Gasteiger partial charge in [-0.1, -0.05) is 0 Å². The van der Waals surface area contributed by atoms with Crippen LogP contribution in [0.25, 0.3) is 0 Å². The molecule has 0 radical (unpaired) electrons. The zero-order valence-electron chi connectivity index (χ0n) is 12.6. The first-order valence-electron chi connectivity index (χ1n) is 7.35. The fourth-order valence-corrected chi connectivity index (χ4v) is 3.64. The topological polar surface area (TPSA) is 75.4 Å². The third kappa shape index (κ3) is 3.23. The third-order valence-corrected chi connectivity index (χ3v) is 4.65. The molecule has 0 fully saturated rings. The predicted octanol–water partition coefficient (Wildman–Crippen LogP) is 2.52. The van der Waals surface area contributed by atoms with Crippen LogP contribution in [0.1, 0.15) is 22.3 Å². The van der Waals surface area contributed by atoms with Crippen molar-refractivity contribution in [1.82, 2.24) is 0 Å². The van der Waals surface area contributed by atoms with Gasteiger partial charge in [0.15, 0.2) is 0 Å². The molecular weight excluding hydrogens is 336 g/mol. The van der Waals surface area contributed by atoms with Crippen LogP contribution in [-0.2, 0) is 11.2 Å².